The van der Waals surface area contributed by atoms with Crippen LogP contribution in [-0.2, 0) is 25.9 Å². The summed E-state index contributed by atoms with van der Waals surface area (Å²) in [4.78, 5) is 14.0. The number of aryl methyl sites for hydroxylation is 4. The molecule has 0 aliphatic heterocycles. The molecule has 3 N–H and O–H groups in total. The number of aromatic nitrogens is 2. The van der Waals surface area contributed by atoms with Crippen LogP contribution in [0.4, 0.5) is 8.78 Å². The number of hydrogen-bond acceptors (Lipinski definition) is 3. The minimum Gasteiger partial charge on any atom is -0.390 e. The van der Waals surface area contributed by atoms with Gasteiger partial charge in [0.25, 0.3) is 5.91 Å². The van der Waals surface area contributed by atoms with Crippen LogP contribution >= 0.6 is 0 Å². The molecular weight excluding hydrogens is 582 g/mol. The van der Waals surface area contributed by atoms with Gasteiger partial charge in [0.1, 0.15) is 11.6 Å². The maximum Gasteiger partial charge on any atom is 0.251 e. The van der Waals surface area contributed by atoms with Gasteiger partial charge in [-0.2, -0.15) is 0 Å². The molecule has 2 unspecified atom stereocenters. The van der Waals surface area contributed by atoms with Gasteiger partial charge in [0.15, 0.2) is 0 Å². The number of nitrogens with one attached hydrogen (secondary N) is 2. The second-order valence-electron chi connectivity index (χ2n) is 12.2. The number of carbonyl (C=O) groups excluding carboxylic acids is 1. The number of aliphatic hydroxyl groups is 1. The van der Waals surface area contributed by atoms with Gasteiger partial charge in [0, 0.05) is 54.2 Å². The summed E-state index contributed by atoms with van der Waals surface area (Å²) in [5, 5.41) is 18.7. The predicted octanol–water partition coefficient (Wildman–Crippen LogP) is 7.18. The monoisotopic (exact) mass is 626 g/mol. The van der Waals surface area contributed by atoms with Gasteiger partial charge in [-0.1, -0.05) is 44.5 Å². The Morgan fingerprint density at radius 3 is 2.30 bits per heavy atom. The summed E-state index contributed by atoms with van der Waals surface area (Å²) in [5.74, 6) is -1.78. The van der Waals surface area contributed by atoms with Crippen LogP contribution in [0.5, 0.6) is 0 Å². The van der Waals surface area contributed by atoms with Gasteiger partial charge in [-0.25, -0.2) is 8.78 Å². The standard InChI is InChI=1S/C38H44F2N4O2/c1-5-7-14-43-15-13-33-35(43)20-30(21-36(33)44-25(3)11-12-26(44)4)38(46)42-34(19-29-17-31(39)22-32(40)18-29)37(45)24-41-23-28-10-8-9-27(6-2)16-28/h8-13,15-18,20-22,34,37,41,45H,5-7,14,19,23-24H2,1-4H3,(H,42,46). The predicted molar refractivity (Wildman–Crippen MR) is 180 cm³/mol. The largest absolute Gasteiger partial charge is 0.390 e. The summed E-state index contributed by atoms with van der Waals surface area (Å²) in [6, 6.07) is 20.7. The molecule has 242 valence electrons. The fraction of sp³-hybridized carbons (Fsp3) is 0.342. The molecular formula is C38H44F2N4O2. The maximum absolute atomic E-state index is 14.1. The van der Waals surface area contributed by atoms with Crippen molar-refractivity contribution >= 4 is 16.8 Å². The zero-order valence-corrected chi connectivity index (χ0v) is 27.1. The lowest BCUT2D eigenvalue weighted by atomic mass is 9.99. The molecule has 0 bridgehead atoms. The van der Waals surface area contributed by atoms with Crippen LogP contribution in [-0.4, -0.2) is 38.8 Å². The highest BCUT2D eigenvalue weighted by molar-refractivity contribution is 6.01. The van der Waals surface area contributed by atoms with Crippen molar-refractivity contribution in [3.8, 4) is 5.69 Å². The van der Waals surface area contributed by atoms with E-state index in [9.17, 15) is 18.7 Å². The van der Waals surface area contributed by atoms with E-state index in [1.165, 1.54) is 17.7 Å². The fourth-order valence-corrected chi connectivity index (χ4v) is 6.15. The fourth-order valence-electron chi connectivity index (χ4n) is 6.15. The van der Waals surface area contributed by atoms with Gasteiger partial charge < -0.3 is 24.9 Å². The van der Waals surface area contributed by atoms with Crippen molar-refractivity contribution in [1.82, 2.24) is 19.8 Å². The second-order valence-corrected chi connectivity index (χ2v) is 12.2. The van der Waals surface area contributed by atoms with Gasteiger partial charge in [0.2, 0.25) is 0 Å². The van der Waals surface area contributed by atoms with E-state index in [-0.39, 0.29) is 18.9 Å². The summed E-state index contributed by atoms with van der Waals surface area (Å²) in [5.41, 5.74) is 7.05. The number of carbonyl (C=O) groups is 1. The Morgan fingerprint density at radius 1 is 0.891 bits per heavy atom. The molecule has 6 nitrogen and oxygen atoms in total. The topological polar surface area (TPSA) is 71.2 Å². The van der Waals surface area contributed by atoms with Crippen LogP contribution in [0.25, 0.3) is 16.6 Å². The van der Waals surface area contributed by atoms with Gasteiger partial charge in [0.05, 0.1) is 23.3 Å². The summed E-state index contributed by atoms with van der Waals surface area (Å²) in [6.45, 7) is 9.85. The Balaban J connectivity index is 1.45. The van der Waals surface area contributed by atoms with E-state index < -0.39 is 23.8 Å². The van der Waals surface area contributed by atoms with Crippen LogP contribution in [0.3, 0.4) is 0 Å². The van der Waals surface area contributed by atoms with Crippen LogP contribution in [0.2, 0.25) is 0 Å². The van der Waals surface area contributed by atoms with E-state index in [2.05, 4.69) is 70.1 Å². The van der Waals surface area contributed by atoms with E-state index in [4.69, 9.17) is 0 Å². The van der Waals surface area contributed by atoms with Crippen molar-refractivity contribution in [2.45, 2.75) is 78.6 Å². The lowest BCUT2D eigenvalue weighted by molar-refractivity contribution is 0.0830. The average molecular weight is 627 g/mol. The Hall–Kier alpha value is -4.27. The SMILES string of the molecule is CCCCn1ccc2c(-n3c(C)ccc3C)cc(C(=O)NC(Cc3cc(F)cc(F)c3)C(O)CNCc3cccc(CC)c3)cc21. The highest BCUT2D eigenvalue weighted by Gasteiger charge is 2.24. The van der Waals surface area contributed by atoms with E-state index in [1.54, 1.807) is 0 Å². The number of hydrogen-bond donors (Lipinski definition) is 3. The summed E-state index contributed by atoms with van der Waals surface area (Å²) < 4.78 is 32.6. The van der Waals surface area contributed by atoms with E-state index in [0.29, 0.717) is 17.7 Å². The van der Waals surface area contributed by atoms with Crippen molar-refractivity contribution in [3.05, 3.63) is 124 Å². The highest BCUT2D eigenvalue weighted by atomic mass is 19.1. The van der Waals surface area contributed by atoms with E-state index in [0.717, 1.165) is 65.4 Å². The molecule has 0 spiro atoms. The Morgan fingerprint density at radius 2 is 1.61 bits per heavy atom. The molecule has 0 aliphatic carbocycles. The number of nitrogens with zero attached hydrogens (tertiary/aromatic N) is 2. The van der Waals surface area contributed by atoms with Gasteiger partial charge in [-0.05, 0) is 92.3 Å². The van der Waals surface area contributed by atoms with Crippen LogP contribution in [0.15, 0.2) is 79.0 Å². The third-order valence-electron chi connectivity index (χ3n) is 8.63. The first-order chi connectivity index (χ1) is 22.2. The minimum atomic E-state index is -1.03. The highest BCUT2D eigenvalue weighted by Crippen LogP contribution is 2.29. The molecule has 46 heavy (non-hydrogen) atoms. The number of fused-ring (bicyclic) bond motifs is 1. The number of amides is 1. The molecule has 0 saturated heterocycles. The van der Waals surface area contributed by atoms with Crippen LogP contribution < -0.4 is 10.6 Å². The van der Waals surface area contributed by atoms with E-state index >= 15 is 0 Å². The third-order valence-corrected chi connectivity index (χ3v) is 8.63. The molecule has 8 heteroatoms. The Bertz CT molecular complexity index is 1770. The number of halogens is 2. The van der Waals surface area contributed by atoms with Crippen LogP contribution in [0.1, 0.15) is 65.1 Å². The number of benzene rings is 3. The third kappa shape index (κ3) is 7.74. The molecule has 5 rings (SSSR count). The van der Waals surface area contributed by atoms with Crippen molar-refractivity contribution in [2.24, 2.45) is 0 Å². The zero-order valence-electron chi connectivity index (χ0n) is 27.1. The average Bonchev–Trinajstić information content (AvgIpc) is 3.60. The first-order valence-corrected chi connectivity index (χ1v) is 16.2. The molecule has 2 heterocycles. The molecule has 3 aromatic carbocycles. The maximum atomic E-state index is 14.1. The van der Waals surface area contributed by atoms with Crippen LogP contribution in [0, 0.1) is 25.5 Å². The lowest BCUT2D eigenvalue weighted by Crippen LogP contribution is -2.48. The van der Waals surface area contributed by atoms with Crippen molar-refractivity contribution in [3.63, 3.8) is 0 Å². The second kappa shape index (κ2) is 14.9. The first-order valence-electron chi connectivity index (χ1n) is 16.2. The molecule has 0 fully saturated rings. The Labute approximate surface area is 270 Å². The van der Waals surface area contributed by atoms with E-state index in [1.807, 2.05) is 38.1 Å². The minimum absolute atomic E-state index is 0.0480. The Kier molecular flexibility index (Phi) is 10.7. The molecule has 0 aliphatic rings. The smallest absolute Gasteiger partial charge is 0.251 e. The normalized spacial score (nSPS) is 12.8. The molecule has 0 radical (unpaired) electrons. The number of aliphatic hydroxyl groups excluding tert-OH is 1. The van der Waals surface area contributed by atoms with Crippen molar-refractivity contribution in [2.75, 3.05) is 6.54 Å². The summed E-state index contributed by atoms with van der Waals surface area (Å²) >= 11 is 0. The lowest BCUT2D eigenvalue weighted by Gasteiger charge is -2.25. The molecule has 2 atom stereocenters. The molecule has 1 amide bonds. The quantitative estimate of drug-likeness (QED) is 0.122. The summed E-state index contributed by atoms with van der Waals surface area (Å²) in [6.07, 6.45) is 4.05. The number of rotatable bonds is 14. The molecule has 0 saturated carbocycles. The summed E-state index contributed by atoms with van der Waals surface area (Å²) in [7, 11) is 0. The molecule has 2 aromatic heterocycles. The van der Waals surface area contributed by atoms with Gasteiger partial charge in [-0.15, -0.1) is 0 Å². The van der Waals surface area contributed by atoms with Gasteiger partial charge in [-0.3, -0.25) is 4.79 Å². The zero-order chi connectivity index (χ0) is 32.8. The molecule has 5 aromatic rings. The van der Waals surface area contributed by atoms with Crippen molar-refractivity contribution < 1.29 is 18.7 Å². The first kappa shape index (κ1) is 33.1. The number of unbranched alkanes of at least 4 members (excludes halogenated alkanes) is 1. The van der Waals surface area contributed by atoms with Crippen molar-refractivity contribution in [1.29, 1.82) is 0 Å². The van der Waals surface area contributed by atoms with Gasteiger partial charge >= 0.3 is 0 Å².